The van der Waals surface area contributed by atoms with Crippen LogP contribution in [0.2, 0.25) is 0 Å². The van der Waals surface area contributed by atoms with Crippen molar-refractivity contribution in [2.75, 3.05) is 32.8 Å². The molecule has 1 N–H and O–H groups in total. The Hall–Kier alpha value is -2.60. The molecule has 0 saturated carbocycles. The molecule has 1 aromatic heterocycles. The first-order valence-corrected chi connectivity index (χ1v) is 9.84. The Kier molecular flexibility index (Phi) is 6.19. The Labute approximate surface area is 166 Å². The van der Waals surface area contributed by atoms with Gasteiger partial charge in [-0.05, 0) is 44.4 Å². The van der Waals surface area contributed by atoms with Gasteiger partial charge >= 0.3 is 5.97 Å². The summed E-state index contributed by atoms with van der Waals surface area (Å²) in [6.45, 7) is 11.8. The molecule has 1 aromatic carbocycles. The number of aromatic amines is 1. The van der Waals surface area contributed by atoms with Gasteiger partial charge in [0.15, 0.2) is 0 Å². The number of nitrogens with zero attached hydrogens (tertiary/aromatic N) is 2. The van der Waals surface area contributed by atoms with Crippen molar-refractivity contribution in [2.24, 2.45) is 0 Å². The van der Waals surface area contributed by atoms with Gasteiger partial charge in [0.1, 0.15) is 5.69 Å². The molecule has 150 valence electrons. The van der Waals surface area contributed by atoms with E-state index < -0.39 is 0 Å². The van der Waals surface area contributed by atoms with Crippen molar-refractivity contribution in [1.29, 1.82) is 0 Å². The van der Waals surface area contributed by atoms with E-state index in [1.165, 1.54) is 11.1 Å². The van der Waals surface area contributed by atoms with Crippen molar-refractivity contribution in [3.8, 4) is 0 Å². The summed E-state index contributed by atoms with van der Waals surface area (Å²) < 4.78 is 5.12. The number of ether oxygens (including phenoxy) is 1. The molecule has 1 fully saturated rings. The molecular formula is C22H29N3O3. The Morgan fingerprint density at radius 2 is 1.75 bits per heavy atom. The second kappa shape index (κ2) is 8.61. The number of benzene rings is 1. The van der Waals surface area contributed by atoms with Crippen LogP contribution in [0, 0.1) is 20.8 Å². The number of rotatable bonds is 5. The average molecular weight is 383 g/mol. The number of aryl methyl sites for hydroxylation is 2. The number of nitrogens with one attached hydrogen (secondary N) is 1. The highest BCUT2D eigenvalue weighted by Gasteiger charge is 2.28. The molecule has 1 aliphatic heterocycles. The fourth-order valence-electron chi connectivity index (χ4n) is 3.77. The van der Waals surface area contributed by atoms with E-state index in [0.29, 0.717) is 42.2 Å². The van der Waals surface area contributed by atoms with Crippen LogP contribution in [0.5, 0.6) is 0 Å². The minimum Gasteiger partial charge on any atom is -0.462 e. The first kappa shape index (κ1) is 20.1. The van der Waals surface area contributed by atoms with E-state index in [-0.39, 0.29) is 11.9 Å². The summed E-state index contributed by atoms with van der Waals surface area (Å²) in [5, 5.41) is 0. The lowest BCUT2D eigenvalue weighted by Crippen LogP contribution is -2.48. The maximum Gasteiger partial charge on any atom is 0.340 e. The Morgan fingerprint density at radius 3 is 2.39 bits per heavy atom. The van der Waals surface area contributed by atoms with E-state index in [2.05, 4.69) is 41.1 Å². The number of hydrogen-bond acceptors (Lipinski definition) is 4. The predicted octanol–water partition coefficient (Wildman–Crippen LogP) is 3.07. The highest BCUT2D eigenvalue weighted by Crippen LogP contribution is 2.21. The standard InChI is InChI=1S/C22H29N3O3/c1-5-28-22(27)19-16(3)20(23-17(19)4)21(26)25-12-10-24(11-13-25)14-18-9-7-6-8-15(18)2/h6-9,23H,5,10-14H2,1-4H3. The number of carbonyl (C=O) groups is 2. The molecule has 2 aromatic rings. The molecule has 3 rings (SSSR count). The lowest BCUT2D eigenvalue weighted by molar-refractivity contribution is 0.0525. The maximum atomic E-state index is 13.0. The second-order valence-electron chi connectivity index (χ2n) is 7.34. The molecule has 0 bridgehead atoms. The van der Waals surface area contributed by atoms with Crippen LogP contribution in [-0.2, 0) is 11.3 Å². The molecule has 0 atom stereocenters. The second-order valence-corrected chi connectivity index (χ2v) is 7.34. The molecule has 0 spiro atoms. The van der Waals surface area contributed by atoms with Crippen LogP contribution in [0.15, 0.2) is 24.3 Å². The van der Waals surface area contributed by atoms with Crippen LogP contribution in [0.4, 0.5) is 0 Å². The summed E-state index contributed by atoms with van der Waals surface area (Å²) in [5.41, 5.74) is 4.94. The molecular weight excluding hydrogens is 354 g/mol. The molecule has 6 heteroatoms. The van der Waals surface area contributed by atoms with Gasteiger partial charge in [-0.2, -0.15) is 0 Å². The quantitative estimate of drug-likeness (QED) is 0.806. The highest BCUT2D eigenvalue weighted by molar-refractivity contribution is 6.00. The Balaban J connectivity index is 1.65. The Bertz CT molecular complexity index is 864. The van der Waals surface area contributed by atoms with E-state index in [1.54, 1.807) is 20.8 Å². The molecule has 1 amide bonds. The van der Waals surface area contributed by atoms with Crippen molar-refractivity contribution in [2.45, 2.75) is 34.2 Å². The third kappa shape index (κ3) is 4.12. The fraction of sp³-hybridized carbons (Fsp3) is 0.455. The fourth-order valence-corrected chi connectivity index (χ4v) is 3.77. The van der Waals surface area contributed by atoms with Crippen LogP contribution in [0.3, 0.4) is 0 Å². The SMILES string of the molecule is CCOC(=O)c1c(C)[nH]c(C(=O)N2CCN(Cc3ccccc3C)CC2)c1C. The van der Waals surface area contributed by atoms with Gasteiger partial charge in [-0.1, -0.05) is 24.3 Å². The van der Waals surface area contributed by atoms with Crippen LogP contribution in [0.1, 0.15) is 50.2 Å². The molecule has 1 saturated heterocycles. The van der Waals surface area contributed by atoms with Gasteiger partial charge < -0.3 is 14.6 Å². The van der Waals surface area contributed by atoms with Crippen molar-refractivity contribution in [1.82, 2.24) is 14.8 Å². The average Bonchev–Trinajstić information content (AvgIpc) is 2.98. The van der Waals surface area contributed by atoms with Gasteiger partial charge in [0.05, 0.1) is 12.2 Å². The van der Waals surface area contributed by atoms with Crippen molar-refractivity contribution >= 4 is 11.9 Å². The van der Waals surface area contributed by atoms with E-state index in [4.69, 9.17) is 4.74 Å². The third-order valence-electron chi connectivity index (χ3n) is 5.45. The maximum absolute atomic E-state index is 13.0. The van der Waals surface area contributed by atoms with Crippen LogP contribution < -0.4 is 0 Å². The lowest BCUT2D eigenvalue weighted by atomic mass is 10.1. The summed E-state index contributed by atoms with van der Waals surface area (Å²) in [7, 11) is 0. The first-order valence-electron chi connectivity index (χ1n) is 9.84. The molecule has 2 heterocycles. The van der Waals surface area contributed by atoms with E-state index in [9.17, 15) is 9.59 Å². The number of hydrogen-bond donors (Lipinski definition) is 1. The number of aromatic nitrogens is 1. The summed E-state index contributed by atoms with van der Waals surface area (Å²) >= 11 is 0. The summed E-state index contributed by atoms with van der Waals surface area (Å²) in [5.74, 6) is -0.428. The normalized spacial score (nSPS) is 14.9. The van der Waals surface area contributed by atoms with Gasteiger partial charge in [0.2, 0.25) is 0 Å². The molecule has 28 heavy (non-hydrogen) atoms. The predicted molar refractivity (Wildman–Crippen MR) is 109 cm³/mol. The van der Waals surface area contributed by atoms with Crippen molar-refractivity contribution in [3.05, 3.63) is 57.9 Å². The van der Waals surface area contributed by atoms with Gasteiger partial charge in [0, 0.05) is 38.4 Å². The van der Waals surface area contributed by atoms with Gasteiger partial charge in [-0.3, -0.25) is 9.69 Å². The molecule has 0 unspecified atom stereocenters. The smallest absolute Gasteiger partial charge is 0.340 e. The number of H-pyrrole nitrogens is 1. The number of esters is 1. The molecule has 0 aliphatic carbocycles. The van der Waals surface area contributed by atoms with Gasteiger partial charge in [-0.15, -0.1) is 0 Å². The zero-order valence-corrected chi connectivity index (χ0v) is 17.2. The van der Waals surface area contributed by atoms with E-state index in [0.717, 1.165) is 19.6 Å². The summed E-state index contributed by atoms with van der Waals surface area (Å²) in [4.78, 5) is 32.5. The van der Waals surface area contributed by atoms with E-state index >= 15 is 0 Å². The van der Waals surface area contributed by atoms with Crippen molar-refractivity contribution in [3.63, 3.8) is 0 Å². The lowest BCUT2D eigenvalue weighted by Gasteiger charge is -2.35. The molecule has 0 radical (unpaired) electrons. The first-order chi connectivity index (χ1) is 13.4. The number of amides is 1. The van der Waals surface area contributed by atoms with Gasteiger partial charge in [-0.25, -0.2) is 4.79 Å². The van der Waals surface area contributed by atoms with Gasteiger partial charge in [0.25, 0.3) is 5.91 Å². The topological polar surface area (TPSA) is 65.6 Å². The number of piperazine rings is 1. The zero-order valence-electron chi connectivity index (χ0n) is 17.2. The van der Waals surface area contributed by atoms with Crippen LogP contribution >= 0.6 is 0 Å². The molecule has 6 nitrogen and oxygen atoms in total. The van der Waals surface area contributed by atoms with Crippen molar-refractivity contribution < 1.29 is 14.3 Å². The Morgan fingerprint density at radius 1 is 1.07 bits per heavy atom. The van der Waals surface area contributed by atoms with Crippen LogP contribution in [0.25, 0.3) is 0 Å². The summed E-state index contributed by atoms with van der Waals surface area (Å²) in [6.07, 6.45) is 0. The monoisotopic (exact) mass is 383 g/mol. The zero-order chi connectivity index (χ0) is 20.3. The largest absolute Gasteiger partial charge is 0.462 e. The van der Waals surface area contributed by atoms with E-state index in [1.807, 2.05) is 4.90 Å². The minimum atomic E-state index is -0.379. The van der Waals surface area contributed by atoms with Crippen LogP contribution in [-0.4, -0.2) is 59.4 Å². The molecule has 1 aliphatic rings. The number of carbonyl (C=O) groups excluding carboxylic acids is 2. The summed E-state index contributed by atoms with van der Waals surface area (Å²) in [6, 6.07) is 8.42. The third-order valence-corrected chi connectivity index (χ3v) is 5.45. The highest BCUT2D eigenvalue weighted by atomic mass is 16.5. The minimum absolute atomic E-state index is 0.0494.